The number of rotatable bonds is 6. The van der Waals surface area contributed by atoms with E-state index in [4.69, 9.17) is 16.6 Å². The number of imidazole rings is 1. The van der Waals surface area contributed by atoms with Gasteiger partial charge in [-0.2, -0.15) is 0 Å². The second-order valence-electron chi connectivity index (χ2n) is 6.71. The highest BCUT2D eigenvalue weighted by molar-refractivity contribution is 14.0. The van der Waals surface area contributed by atoms with Crippen molar-refractivity contribution in [3.63, 3.8) is 0 Å². The molecule has 0 atom stereocenters. The van der Waals surface area contributed by atoms with Crippen molar-refractivity contribution in [2.75, 3.05) is 39.3 Å². The topological polar surface area (TPSA) is 65.8 Å². The van der Waals surface area contributed by atoms with Crippen molar-refractivity contribution < 1.29 is 4.79 Å². The van der Waals surface area contributed by atoms with Crippen LogP contribution in [-0.2, 0) is 17.8 Å². The minimum Gasteiger partial charge on any atom is -0.357 e. The van der Waals surface area contributed by atoms with Gasteiger partial charge in [-0.25, -0.2) is 4.98 Å². The molecule has 1 aliphatic rings. The highest BCUT2D eigenvalue weighted by Gasteiger charge is 2.23. The lowest BCUT2D eigenvalue weighted by Crippen LogP contribution is -2.54. The van der Waals surface area contributed by atoms with Gasteiger partial charge in [0.25, 0.3) is 0 Å². The highest BCUT2D eigenvalue weighted by Crippen LogP contribution is 2.13. The van der Waals surface area contributed by atoms with Crippen LogP contribution in [0.25, 0.3) is 0 Å². The molecule has 0 unspecified atom stereocenters. The number of benzene rings is 1. The molecule has 7 nitrogen and oxygen atoms in total. The fraction of sp³-hybridized carbons (Fsp3) is 0.450. The average molecular weight is 531 g/mol. The molecule has 158 valence electrons. The van der Waals surface area contributed by atoms with Crippen molar-refractivity contribution in [2.24, 2.45) is 4.99 Å². The van der Waals surface area contributed by atoms with Gasteiger partial charge in [-0.05, 0) is 24.6 Å². The van der Waals surface area contributed by atoms with Crippen LogP contribution < -0.4 is 5.32 Å². The first-order valence-electron chi connectivity index (χ1n) is 9.67. The van der Waals surface area contributed by atoms with Crippen LogP contribution in [0.2, 0.25) is 5.02 Å². The number of piperazine rings is 1. The zero-order valence-corrected chi connectivity index (χ0v) is 19.7. The van der Waals surface area contributed by atoms with Crippen LogP contribution in [0.1, 0.15) is 12.5 Å². The fourth-order valence-electron chi connectivity index (χ4n) is 3.22. The number of aliphatic imine (C=N–C) groups is 1. The van der Waals surface area contributed by atoms with E-state index in [1.165, 1.54) is 0 Å². The van der Waals surface area contributed by atoms with E-state index >= 15 is 0 Å². The number of nitrogens with one attached hydrogen (secondary N) is 1. The van der Waals surface area contributed by atoms with Gasteiger partial charge in [0.2, 0.25) is 5.91 Å². The van der Waals surface area contributed by atoms with E-state index in [1.54, 1.807) is 12.5 Å². The first kappa shape index (κ1) is 23.5. The molecule has 1 saturated heterocycles. The Labute approximate surface area is 194 Å². The van der Waals surface area contributed by atoms with Crippen molar-refractivity contribution in [1.82, 2.24) is 24.7 Å². The maximum absolute atomic E-state index is 12.6. The number of hydrogen-bond acceptors (Lipinski definition) is 3. The molecule has 0 bridgehead atoms. The van der Waals surface area contributed by atoms with Gasteiger partial charge < -0.3 is 19.7 Å². The third-order valence-corrected chi connectivity index (χ3v) is 4.93. The number of guanidine groups is 1. The monoisotopic (exact) mass is 530 g/mol. The Kier molecular flexibility index (Phi) is 9.72. The lowest BCUT2D eigenvalue weighted by atomic mass is 10.1. The first-order chi connectivity index (χ1) is 13.7. The van der Waals surface area contributed by atoms with Crippen molar-refractivity contribution in [2.45, 2.75) is 19.9 Å². The summed E-state index contributed by atoms with van der Waals surface area (Å²) in [5.74, 6) is 1.05. The quantitative estimate of drug-likeness (QED) is 0.354. The maximum atomic E-state index is 12.6. The zero-order chi connectivity index (χ0) is 19.8. The largest absolute Gasteiger partial charge is 0.357 e. The summed E-state index contributed by atoms with van der Waals surface area (Å²) in [5.41, 5.74) is 0.953. The van der Waals surface area contributed by atoms with Gasteiger partial charge in [0.05, 0.1) is 19.3 Å². The minimum atomic E-state index is 0. The number of carbonyl (C=O) groups excluding carboxylic acids is 1. The standard InChI is InChI=1S/C20H27ClN6O.HI/c1-2-23-20(24-7-9-25-8-6-22-16-25)27-12-10-26(11-13-27)19(28)15-17-4-3-5-18(21)14-17;/h3-6,8,14,16H,2,7,9-13,15H2,1H3,(H,23,24);1H. The first-order valence-corrected chi connectivity index (χ1v) is 10.0. The number of nitrogens with zero attached hydrogens (tertiary/aromatic N) is 5. The Bertz CT molecular complexity index is 790. The summed E-state index contributed by atoms with van der Waals surface area (Å²) in [7, 11) is 0. The van der Waals surface area contributed by atoms with E-state index in [2.05, 4.69) is 22.1 Å². The predicted molar refractivity (Wildman–Crippen MR) is 127 cm³/mol. The lowest BCUT2D eigenvalue weighted by molar-refractivity contribution is -0.131. The van der Waals surface area contributed by atoms with E-state index in [0.717, 1.165) is 37.7 Å². The predicted octanol–water partition coefficient (Wildman–Crippen LogP) is 2.51. The number of amides is 1. The van der Waals surface area contributed by atoms with Gasteiger partial charge in [-0.3, -0.25) is 9.79 Å². The van der Waals surface area contributed by atoms with Crippen LogP contribution in [0.4, 0.5) is 0 Å². The SMILES string of the molecule is CCNC(=NCCn1ccnc1)N1CCN(C(=O)Cc2cccc(Cl)c2)CC1.I. The van der Waals surface area contributed by atoms with Crippen molar-refractivity contribution in [1.29, 1.82) is 0 Å². The Hall–Kier alpha value is -1.81. The summed E-state index contributed by atoms with van der Waals surface area (Å²) in [6.45, 7) is 7.32. The van der Waals surface area contributed by atoms with E-state index in [1.807, 2.05) is 39.9 Å². The Morgan fingerprint density at radius 2 is 2.00 bits per heavy atom. The minimum absolute atomic E-state index is 0. The molecule has 1 aromatic heterocycles. The van der Waals surface area contributed by atoms with E-state index < -0.39 is 0 Å². The lowest BCUT2D eigenvalue weighted by Gasteiger charge is -2.36. The fourth-order valence-corrected chi connectivity index (χ4v) is 3.43. The zero-order valence-electron chi connectivity index (χ0n) is 16.6. The van der Waals surface area contributed by atoms with Gasteiger partial charge in [0.1, 0.15) is 0 Å². The molecular weight excluding hydrogens is 503 g/mol. The second kappa shape index (κ2) is 12.0. The van der Waals surface area contributed by atoms with Crippen LogP contribution in [0.15, 0.2) is 48.0 Å². The molecule has 29 heavy (non-hydrogen) atoms. The van der Waals surface area contributed by atoms with Crippen molar-refractivity contribution >= 4 is 47.4 Å². The van der Waals surface area contributed by atoms with Gasteiger partial charge in [0, 0.05) is 56.7 Å². The molecule has 1 aliphatic heterocycles. The van der Waals surface area contributed by atoms with Crippen LogP contribution >= 0.6 is 35.6 Å². The summed E-state index contributed by atoms with van der Waals surface area (Å²) in [6, 6.07) is 7.50. The molecule has 3 rings (SSSR count). The smallest absolute Gasteiger partial charge is 0.227 e. The summed E-state index contributed by atoms with van der Waals surface area (Å²) in [4.78, 5) is 25.5. The molecular formula is C20H28ClIN6O. The molecule has 2 aromatic rings. The molecule has 2 heterocycles. The molecule has 0 aliphatic carbocycles. The third-order valence-electron chi connectivity index (χ3n) is 4.69. The van der Waals surface area contributed by atoms with Crippen molar-refractivity contribution in [3.05, 3.63) is 53.6 Å². The molecule has 1 aromatic carbocycles. The maximum Gasteiger partial charge on any atom is 0.227 e. The van der Waals surface area contributed by atoms with Crippen LogP contribution in [-0.4, -0.2) is 70.5 Å². The number of aromatic nitrogens is 2. The number of halogens is 2. The second-order valence-corrected chi connectivity index (χ2v) is 7.15. The number of carbonyl (C=O) groups is 1. The highest BCUT2D eigenvalue weighted by atomic mass is 127. The molecule has 1 amide bonds. The Morgan fingerprint density at radius 3 is 2.66 bits per heavy atom. The van der Waals surface area contributed by atoms with E-state index in [0.29, 0.717) is 31.1 Å². The van der Waals surface area contributed by atoms with Crippen LogP contribution in [0, 0.1) is 0 Å². The Balaban J connectivity index is 0.00000300. The summed E-state index contributed by atoms with van der Waals surface area (Å²) in [5, 5.41) is 4.02. The molecule has 0 spiro atoms. The third kappa shape index (κ3) is 7.18. The van der Waals surface area contributed by atoms with Gasteiger partial charge >= 0.3 is 0 Å². The summed E-state index contributed by atoms with van der Waals surface area (Å²) in [6.07, 6.45) is 5.90. The van der Waals surface area contributed by atoms with Crippen LogP contribution in [0.3, 0.4) is 0 Å². The molecule has 1 fully saturated rings. The summed E-state index contributed by atoms with van der Waals surface area (Å²) >= 11 is 6.02. The number of hydrogen-bond donors (Lipinski definition) is 1. The van der Waals surface area contributed by atoms with Crippen molar-refractivity contribution in [3.8, 4) is 0 Å². The Morgan fingerprint density at radius 1 is 1.24 bits per heavy atom. The van der Waals surface area contributed by atoms with Gasteiger partial charge in [-0.15, -0.1) is 24.0 Å². The van der Waals surface area contributed by atoms with Crippen LogP contribution in [0.5, 0.6) is 0 Å². The van der Waals surface area contributed by atoms with E-state index in [-0.39, 0.29) is 29.9 Å². The van der Waals surface area contributed by atoms with Gasteiger partial charge in [-0.1, -0.05) is 23.7 Å². The normalized spacial score (nSPS) is 14.5. The molecule has 0 saturated carbocycles. The van der Waals surface area contributed by atoms with Gasteiger partial charge in [0.15, 0.2) is 5.96 Å². The summed E-state index contributed by atoms with van der Waals surface area (Å²) < 4.78 is 2.01. The average Bonchev–Trinajstić information content (AvgIpc) is 3.21. The molecule has 9 heteroatoms. The molecule has 1 N–H and O–H groups in total. The molecule has 0 radical (unpaired) electrons. The van der Waals surface area contributed by atoms with E-state index in [9.17, 15) is 4.79 Å².